The van der Waals surface area contributed by atoms with Crippen LogP contribution in [0, 0.1) is 0 Å². The van der Waals surface area contributed by atoms with Crippen molar-refractivity contribution in [3.05, 3.63) is 72.8 Å². The summed E-state index contributed by atoms with van der Waals surface area (Å²) in [5.41, 5.74) is 3.84. The van der Waals surface area contributed by atoms with E-state index in [2.05, 4.69) is 10.3 Å². The summed E-state index contributed by atoms with van der Waals surface area (Å²) in [6.45, 7) is 0. The zero-order chi connectivity index (χ0) is 21.0. The van der Waals surface area contributed by atoms with Gasteiger partial charge in [0, 0.05) is 22.6 Å². The van der Waals surface area contributed by atoms with Crippen molar-refractivity contribution in [2.75, 3.05) is 10.2 Å². The number of nitrogens with zero attached hydrogens (tertiary/aromatic N) is 2. The molecule has 0 bridgehead atoms. The largest absolute Gasteiger partial charge is 0.436 e. The van der Waals surface area contributed by atoms with Crippen LogP contribution >= 0.6 is 11.8 Å². The Bertz CT molecular complexity index is 1310. The molecule has 0 unspecified atom stereocenters. The summed E-state index contributed by atoms with van der Waals surface area (Å²) in [6.07, 6.45) is 0.851. The van der Waals surface area contributed by atoms with Crippen molar-refractivity contribution in [1.82, 2.24) is 4.98 Å². The van der Waals surface area contributed by atoms with Gasteiger partial charge in [-0.25, -0.2) is 4.98 Å². The fourth-order valence-corrected chi connectivity index (χ4v) is 5.63. The smallest absolute Gasteiger partial charge is 0.261 e. The van der Waals surface area contributed by atoms with Crippen molar-refractivity contribution >= 4 is 46.1 Å². The molecule has 1 aromatic heterocycles. The van der Waals surface area contributed by atoms with Crippen molar-refractivity contribution in [3.8, 4) is 11.5 Å². The Morgan fingerprint density at radius 3 is 2.65 bits per heavy atom. The lowest BCUT2D eigenvalue weighted by Crippen LogP contribution is -2.49. The van der Waals surface area contributed by atoms with Gasteiger partial charge >= 0.3 is 0 Å². The molecule has 2 aliphatic rings. The Kier molecular flexibility index (Phi) is 3.94. The number of carbonyl (C=O) groups is 2. The summed E-state index contributed by atoms with van der Waals surface area (Å²) in [5, 5.41) is 3.00. The number of hydrogen-bond acceptors (Lipinski definition) is 5. The normalized spacial score (nSPS) is 19.5. The monoisotopic (exact) mass is 427 g/mol. The lowest BCUT2D eigenvalue weighted by molar-refractivity contribution is -0.121. The van der Waals surface area contributed by atoms with Gasteiger partial charge in [0.15, 0.2) is 10.5 Å². The van der Waals surface area contributed by atoms with E-state index in [1.54, 1.807) is 4.90 Å². The maximum atomic E-state index is 13.3. The molecular formula is C24H17N3O3S. The van der Waals surface area contributed by atoms with Crippen molar-refractivity contribution in [2.45, 2.75) is 22.6 Å². The number of hydrogen-bond donors (Lipinski definition) is 1. The summed E-state index contributed by atoms with van der Waals surface area (Å²) in [4.78, 5) is 32.1. The summed E-state index contributed by atoms with van der Waals surface area (Å²) in [6, 6.07) is 22.7. The highest BCUT2D eigenvalue weighted by Crippen LogP contribution is 2.56. The van der Waals surface area contributed by atoms with Gasteiger partial charge in [-0.3, -0.25) is 14.5 Å². The number of carbonyl (C=O) groups excluding carboxylic acids is 2. The first kappa shape index (κ1) is 18.2. The molecule has 1 fully saturated rings. The van der Waals surface area contributed by atoms with Crippen LogP contribution in [0.4, 0.5) is 11.4 Å². The van der Waals surface area contributed by atoms with E-state index in [0.29, 0.717) is 24.4 Å². The van der Waals surface area contributed by atoms with Crippen LogP contribution in [0.25, 0.3) is 22.6 Å². The molecule has 1 N–H and O–H groups in total. The average Bonchev–Trinajstić information content (AvgIpc) is 3.46. The van der Waals surface area contributed by atoms with E-state index in [1.165, 1.54) is 11.8 Å². The van der Waals surface area contributed by atoms with Gasteiger partial charge in [-0.2, -0.15) is 0 Å². The molecule has 7 heteroatoms. The Labute approximate surface area is 182 Å². The minimum atomic E-state index is -0.931. The van der Waals surface area contributed by atoms with E-state index in [4.69, 9.17) is 4.42 Å². The Balaban J connectivity index is 1.26. The molecule has 1 saturated heterocycles. The number of para-hydroxylation sites is 3. The van der Waals surface area contributed by atoms with E-state index >= 15 is 0 Å². The van der Waals surface area contributed by atoms with Crippen LogP contribution < -0.4 is 10.2 Å². The second-order valence-corrected chi connectivity index (χ2v) is 8.92. The first-order chi connectivity index (χ1) is 15.1. The number of thioether (sulfide) groups is 1. The fraction of sp³-hybridized carbons (Fsp3) is 0.125. The van der Waals surface area contributed by atoms with Gasteiger partial charge in [0.25, 0.3) is 5.91 Å². The Morgan fingerprint density at radius 1 is 1.03 bits per heavy atom. The van der Waals surface area contributed by atoms with Crippen LogP contribution in [0.2, 0.25) is 0 Å². The molecule has 0 saturated carbocycles. The van der Waals surface area contributed by atoms with Crippen LogP contribution in [0.5, 0.6) is 0 Å². The highest BCUT2D eigenvalue weighted by atomic mass is 32.2. The van der Waals surface area contributed by atoms with Gasteiger partial charge in [-0.1, -0.05) is 36.0 Å². The van der Waals surface area contributed by atoms with E-state index in [9.17, 15) is 9.59 Å². The first-order valence-electron chi connectivity index (χ1n) is 10.0. The number of amides is 2. The van der Waals surface area contributed by atoms with Gasteiger partial charge in [-0.15, -0.1) is 0 Å². The summed E-state index contributed by atoms with van der Waals surface area (Å²) in [7, 11) is 0. The maximum absolute atomic E-state index is 13.3. The molecule has 0 spiro atoms. The van der Waals surface area contributed by atoms with Crippen LogP contribution in [0.3, 0.4) is 0 Å². The number of rotatable bonds is 3. The number of benzene rings is 3. The highest BCUT2D eigenvalue weighted by Gasteiger charge is 2.57. The average molecular weight is 427 g/mol. The number of fused-ring (bicyclic) bond motifs is 4. The molecule has 3 heterocycles. The van der Waals surface area contributed by atoms with Crippen molar-refractivity contribution < 1.29 is 14.0 Å². The second-order valence-electron chi connectivity index (χ2n) is 7.60. The fourth-order valence-electron chi connectivity index (χ4n) is 4.22. The molecule has 1 atom stereocenters. The minimum absolute atomic E-state index is 0.0149. The molecule has 6 nitrogen and oxygen atoms in total. The van der Waals surface area contributed by atoms with Crippen molar-refractivity contribution in [1.29, 1.82) is 0 Å². The van der Waals surface area contributed by atoms with E-state index in [1.807, 2.05) is 72.8 Å². The molecule has 0 radical (unpaired) electrons. The molecule has 2 aliphatic heterocycles. The van der Waals surface area contributed by atoms with Gasteiger partial charge in [0.1, 0.15) is 5.52 Å². The summed E-state index contributed by atoms with van der Waals surface area (Å²) in [5.74, 6) is 0.333. The zero-order valence-corrected chi connectivity index (χ0v) is 17.2. The van der Waals surface area contributed by atoms with Gasteiger partial charge < -0.3 is 9.73 Å². The Morgan fingerprint density at radius 2 is 1.81 bits per heavy atom. The standard InChI is InChI=1S/C24H17N3O3S/c28-21-13-14-24(27(21)18-6-2-4-8-20(18)31-24)23(29)25-16-11-9-15(10-12-16)22-26-17-5-1-3-7-19(17)30-22/h1-12H,13-14H2,(H,25,29)/t24-/m0/s1. The zero-order valence-electron chi connectivity index (χ0n) is 16.4. The third-order valence-electron chi connectivity index (χ3n) is 5.71. The highest BCUT2D eigenvalue weighted by molar-refractivity contribution is 8.02. The molecule has 152 valence electrons. The lowest BCUT2D eigenvalue weighted by atomic mass is 10.1. The van der Waals surface area contributed by atoms with Gasteiger partial charge in [0.2, 0.25) is 11.8 Å². The number of nitrogens with one attached hydrogen (secondary N) is 1. The number of anilines is 2. The van der Waals surface area contributed by atoms with E-state index < -0.39 is 4.87 Å². The first-order valence-corrected chi connectivity index (χ1v) is 10.8. The molecule has 6 rings (SSSR count). The second kappa shape index (κ2) is 6.72. The van der Waals surface area contributed by atoms with Crippen LogP contribution in [0.1, 0.15) is 12.8 Å². The Hall–Kier alpha value is -3.58. The van der Waals surface area contributed by atoms with Gasteiger partial charge in [-0.05, 0) is 55.0 Å². The molecule has 31 heavy (non-hydrogen) atoms. The van der Waals surface area contributed by atoms with E-state index in [0.717, 1.165) is 27.2 Å². The van der Waals surface area contributed by atoms with Crippen LogP contribution in [-0.2, 0) is 9.59 Å². The van der Waals surface area contributed by atoms with Crippen LogP contribution in [-0.4, -0.2) is 21.7 Å². The number of aromatic nitrogens is 1. The third-order valence-corrected chi connectivity index (χ3v) is 7.19. The molecule has 4 aromatic rings. The SMILES string of the molecule is O=C1CC[C@@]2(C(=O)Nc3ccc(-c4nc5ccccc5o4)cc3)Sc3ccccc3N12. The van der Waals surface area contributed by atoms with Crippen molar-refractivity contribution in [2.24, 2.45) is 0 Å². The lowest BCUT2D eigenvalue weighted by Gasteiger charge is -2.29. The molecule has 0 aliphatic carbocycles. The maximum Gasteiger partial charge on any atom is 0.261 e. The van der Waals surface area contributed by atoms with Crippen molar-refractivity contribution in [3.63, 3.8) is 0 Å². The number of oxazole rings is 1. The topological polar surface area (TPSA) is 75.4 Å². The molecule has 2 amide bonds. The van der Waals surface area contributed by atoms with Gasteiger partial charge in [0.05, 0.1) is 5.69 Å². The third kappa shape index (κ3) is 2.77. The summed E-state index contributed by atoms with van der Waals surface area (Å²) >= 11 is 1.46. The van der Waals surface area contributed by atoms with E-state index in [-0.39, 0.29) is 11.8 Å². The molecular weight excluding hydrogens is 410 g/mol. The van der Waals surface area contributed by atoms with Crippen LogP contribution in [0.15, 0.2) is 82.1 Å². The quantitative estimate of drug-likeness (QED) is 0.494. The predicted molar refractivity (Wildman–Crippen MR) is 120 cm³/mol. The minimum Gasteiger partial charge on any atom is -0.436 e. The predicted octanol–water partition coefficient (Wildman–Crippen LogP) is 5.06. The molecule has 3 aromatic carbocycles. The summed E-state index contributed by atoms with van der Waals surface area (Å²) < 4.78 is 5.81.